The van der Waals surface area contributed by atoms with Crippen LogP contribution in [0.1, 0.15) is 5.56 Å². The fourth-order valence-electron chi connectivity index (χ4n) is 1.67. The molecule has 0 saturated carbocycles. The zero-order valence-corrected chi connectivity index (χ0v) is 12.7. The Bertz CT molecular complexity index is 712. The van der Waals surface area contributed by atoms with Crippen LogP contribution in [0.25, 0.3) is 0 Å². The molecule has 20 heavy (non-hydrogen) atoms. The van der Waals surface area contributed by atoms with Crippen LogP contribution in [0.5, 0.6) is 0 Å². The van der Waals surface area contributed by atoms with Crippen LogP contribution in [0.3, 0.4) is 0 Å². The van der Waals surface area contributed by atoms with Crippen molar-refractivity contribution in [3.05, 3.63) is 53.1 Å². The Kier molecular flexibility index (Phi) is 4.20. The fraction of sp³-hybridized carbons (Fsp3) is 0.143. The van der Waals surface area contributed by atoms with Crippen LogP contribution in [-0.2, 0) is 10.0 Å². The van der Waals surface area contributed by atoms with Crippen molar-refractivity contribution in [3.8, 4) is 0 Å². The Balaban J connectivity index is 2.12. The molecule has 0 amide bonds. The second-order valence-corrected chi connectivity index (χ2v) is 6.70. The molecular formula is C14H15ClN2O2S. The van der Waals surface area contributed by atoms with E-state index in [0.717, 1.165) is 23.2 Å². The van der Waals surface area contributed by atoms with Gasteiger partial charge in [-0.05, 0) is 48.9 Å². The standard InChI is InChI=1S/C14H15ClN2O2S/c1-10-3-4-13(9-14(10)15)16-11-5-7-12(8-6-11)17-20(2,18)19/h3-9,16-17H,1-2H3. The van der Waals surface area contributed by atoms with Gasteiger partial charge in [0, 0.05) is 22.1 Å². The SMILES string of the molecule is Cc1ccc(Nc2ccc(NS(C)(=O)=O)cc2)cc1Cl. The van der Waals surface area contributed by atoms with E-state index < -0.39 is 10.0 Å². The number of hydrogen-bond acceptors (Lipinski definition) is 3. The van der Waals surface area contributed by atoms with Gasteiger partial charge >= 0.3 is 0 Å². The second-order valence-electron chi connectivity index (χ2n) is 4.54. The first-order chi connectivity index (χ1) is 9.33. The molecule has 4 nitrogen and oxygen atoms in total. The number of halogens is 1. The van der Waals surface area contributed by atoms with Crippen molar-refractivity contribution in [2.75, 3.05) is 16.3 Å². The van der Waals surface area contributed by atoms with Gasteiger partial charge in [-0.3, -0.25) is 4.72 Å². The Morgan fingerprint density at radius 1 is 0.950 bits per heavy atom. The summed E-state index contributed by atoms with van der Waals surface area (Å²) in [5.74, 6) is 0. The topological polar surface area (TPSA) is 58.2 Å². The third-order valence-corrected chi connectivity index (χ3v) is 3.66. The summed E-state index contributed by atoms with van der Waals surface area (Å²) in [4.78, 5) is 0. The number of rotatable bonds is 4. The minimum Gasteiger partial charge on any atom is -0.355 e. The zero-order valence-electron chi connectivity index (χ0n) is 11.1. The summed E-state index contributed by atoms with van der Waals surface area (Å²) in [7, 11) is -3.25. The van der Waals surface area contributed by atoms with Gasteiger partial charge in [-0.2, -0.15) is 0 Å². The summed E-state index contributed by atoms with van der Waals surface area (Å²) in [6.45, 7) is 1.94. The van der Waals surface area contributed by atoms with Crippen LogP contribution in [0.4, 0.5) is 17.1 Å². The molecule has 2 aromatic carbocycles. The van der Waals surface area contributed by atoms with Gasteiger partial charge in [0.1, 0.15) is 0 Å². The van der Waals surface area contributed by atoms with Crippen molar-refractivity contribution < 1.29 is 8.42 Å². The fourth-order valence-corrected chi connectivity index (χ4v) is 2.42. The lowest BCUT2D eigenvalue weighted by molar-refractivity contribution is 0.607. The minimum absolute atomic E-state index is 0.528. The molecule has 0 radical (unpaired) electrons. The van der Waals surface area contributed by atoms with E-state index in [9.17, 15) is 8.42 Å². The Morgan fingerprint density at radius 2 is 1.50 bits per heavy atom. The summed E-state index contributed by atoms with van der Waals surface area (Å²) in [6, 6.07) is 12.7. The van der Waals surface area contributed by atoms with E-state index in [4.69, 9.17) is 11.6 Å². The van der Waals surface area contributed by atoms with E-state index in [0.29, 0.717) is 10.7 Å². The maximum atomic E-state index is 11.1. The third-order valence-electron chi connectivity index (χ3n) is 2.65. The highest BCUT2D eigenvalue weighted by molar-refractivity contribution is 7.92. The Hall–Kier alpha value is -1.72. The van der Waals surface area contributed by atoms with E-state index in [1.54, 1.807) is 24.3 Å². The van der Waals surface area contributed by atoms with Crippen molar-refractivity contribution in [3.63, 3.8) is 0 Å². The van der Waals surface area contributed by atoms with Gasteiger partial charge in [-0.25, -0.2) is 8.42 Å². The van der Waals surface area contributed by atoms with E-state index >= 15 is 0 Å². The van der Waals surface area contributed by atoms with Crippen LogP contribution >= 0.6 is 11.6 Å². The number of anilines is 3. The first kappa shape index (κ1) is 14.7. The van der Waals surface area contributed by atoms with Gasteiger partial charge in [0.2, 0.25) is 10.0 Å². The molecule has 2 aromatic rings. The molecule has 0 fully saturated rings. The summed E-state index contributed by atoms with van der Waals surface area (Å²) in [5, 5.41) is 3.90. The predicted octanol–water partition coefficient (Wildman–Crippen LogP) is 3.76. The maximum absolute atomic E-state index is 11.1. The molecule has 0 atom stereocenters. The van der Waals surface area contributed by atoms with Gasteiger partial charge < -0.3 is 5.32 Å². The van der Waals surface area contributed by atoms with Crippen molar-refractivity contribution in [2.24, 2.45) is 0 Å². The lowest BCUT2D eigenvalue weighted by Crippen LogP contribution is -2.09. The summed E-state index contributed by atoms with van der Waals surface area (Å²) in [6.07, 6.45) is 1.12. The van der Waals surface area contributed by atoms with E-state index in [1.807, 2.05) is 25.1 Å². The summed E-state index contributed by atoms with van der Waals surface area (Å²) >= 11 is 6.06. The second kappa shape index (κ2) is 5.73. The molecule has 0 aliphatic rings. The molecular weight excluding hydrogens is 296 g/mol. The summed E-state index contributed by atoms with van der Waals surface area (Å²) < 4.78 is 24.6. The highest BCUT2D eigenvalue weighted by Gasteiger charge is 2.02. The number of benzene rings is 2. The van der Waals surface area contributed by atoms with Gasteiger partial charge in [-0.15, -0.1) is 0 Å². The Morgan fingerprint density at radius 3 is 2.05 bits per heavy atom. The van der Waals surface area contributed by atoms with Crippen LogP contribution < -0.4 is 10.0 Å². The molecule has 6 heteroatoms. The van der Waals surface area contributed by atoms with Gasteiger partial charge in [0.15, 0.2) is 0 Å². The smallest absolute Gasteiger partial charge is 0.229 e. The molecule has 0 unspecified atom stereocenters. The van der Waals surface area contributed by atoms with Crippen LogP contribution in [0.2, 0.25) is 5.02 Å². The van der Waals surface area contributed by atoms with Crippen LogP contribution in [0.15, 0.2) is 42.5 Å². The van der Waals surface area contributed by atoms with Crippen molar-refractivity contribution in [1.82, 2.24) is 0 Å². The van der Waals surface area contributed by atoms with Gasteiger partial charge in [0.05, 0.1) is 6.26 Å². The number of sulfonamides is 1. The molecule has 0 aliphatic heterocycles. The van der Waals surface area contributed by atoms with Gasteiger partial charge in [-0.1, -0.05) is 17.7 Å². The molecule has 0 bridgehead atoms. The monoisotopic (exact) mass is 310 g/mol. The molecule has 0 aliphatic carbocycles. The quantitative estimate of drug-likeness (QED) is 0.904. The lowest BCUT2D eigenvalue weighted by atomic mass is 10.2. The molecule has 0 heterocycles. The number of aryl methyl sites for hydroxylation is 1. The highest BCUT2D eigenvalue weighted by Crippen LogP contribution is 2.24. The average molecular weight is 311 g/mol. The first-order valence-electron chi connectivity index (χ1n) is 5.94. The Labute approximate surface area is 123 Å². The molecule has 0 aromatic heterocycles. The largest absolute Gasteiger partial charge is 0.355 e. The third kappa shape index (κ3) is 4.15. The minimum atomic E-state index is -3.25. The molecule has 2 rings (SSSR count). The molecule has 2 N–H and O–H groups in total. The van der Waals surface area contributed by atoms with Crippen LogP contribution in [0, 0.1) is 6.92 Å². The zero-order chi connectivity index (χ0) is 14.8. The molecule has 0 saturated heterocycles. The lowest BCUT2D eigenvalue weighted by Gasteiger charge is -2.09. The molecule has 0 spiro atoms. The highest BCUT2D eigenvalue weighted by atomic mass is 35.5. The van der Waals surface area contributed by atoms with E-state index in [1.165, 1.54) is 0 Å². The number of nitrogens with one attached hydrogen (secondary N) is 2. The predicted molar refractivity (Wildman–Crippen MR) is 84.4 cm³/mol. The number of hydrogen-bond donors (Lipinski definition) is 2. The van der Waals surface area contributed by atoms with Gasteiger partial charge in [0.25, 0.3) is 0 Å². The summed E-state index contributed by atoms with van der Waals surface area (Å²) in [5.41, 5.74) is 3.28. The normalized spacial score (nSPS) is 11.2. The van der Waals surface area contributed by atoms with Crippen molar-refractivity contribution in [1.29, 1.82) is 0 Å². The van der Waals surface area contributed by atoms with Crippen molar-refractivity contribution in [2.45, 2.75) is 6.92 Å². The average Bonchev–Trinajstić information content (AvgIpc) is 2.35. The maximum Gasteiger partial charge on any atom is 0.229 e. The van der Waals surface area contributed by atoms with E-state index in [2.05, 4.69) is 10.0 Å². The van der Waals surface area contributed by atoms with Crippen LogP contribution in [-0.4, -0.2) is 14.7 Å². The van der Waals surface area contributed by atoms with E-state index in [-0.39, 0.29) is 0 Å². The molecule has 106 valence electrons. The first-order valence-corrected chi connectivity index (χ1v) is 8.21. The van der Waals surface area contributed by atoms with Crippen molar-refractivity contribution >= 4 is 38.7 Å².